The highest BCUT2D eigenvalue weighted by molar-refractivity contribution is 7.13. The zero-order valence-corrected chi connectivity index (χ0v) is 16.0. The summed E-state index contributed by atoms with van der Waals surface area (Å²) in [4.78, 5) is 20.9. The minimum atomic E-state index is -0.504. The molecule has 0 aliphatic rings. The number of anilines is 1. The molecule has 1 amide bonds. The number of aromatic nitrogens is 2. The Morgan fingerprint density at radius 3 is 2.76 bits per heavy atom. The van der Waals surface area contributed by atoms with E-state index in [0.717, 1.165) is 21.8 Å². The Bertz CT molecular complexity index is 1130. The standard InChI is InChI=1S/C22H16FN3O2S/c23-18-8-1-2-9-20(18)28-13-21(27)25-17-7-3-5-15(11-17)19-14-29-22(26-19)16-6-4-10-24-12-16/h1-12,14H,13H2,(H,25,27). The number of pyridine rings is 1. The number of rotatable bonds is 6. The molecule has 0 radical (unpaired) electrons. The van der Waals surface area contributed by atoms with Crippen LogP contribution in [0.4, 0.5) is 10.1 Å². The molecule has 0 saturated carbocycles. The quantitative estimate of drug-likeness (QED) is 0.489. The third kappa shape index (κ3) is 4.64. The number of thiazole rings is 1. The maximum atomic E-state index is 13.6. The number of hydrogen-bond acceptors (Lipinski definition) is 5. The zero-order chi connectivity index (χ0) is 20.1. The Hall–Kier alpha value is -3.58. The first-order chi connectivity index (χ1) is 14.2. The number of para-hydroxylation sites is 1. The van der Waals surface area contributed by atoms with E-state index < -0.39 is 5.82 Å². The number of benzene rings is 2. The first kappa shape index (κ1) is 18.8. The van der Waals surface area contributed by atoms with Gasteiger partial charge in [0.15, 0.2) is 18.2 Å². The molecular weight excluding hydrogens is 389 g/mol. The summed E-state index contributed by atoms with van der Waals surface area (Å²) in [5.41, 5.74) is 3.26. The number of ether oxygens (including phenoxy) is 1. The topological polar surface area (TPSA) is 64.1 Å². The predicted octanol–water partition coefficient (Wildman–Crippen LogP) is 5.03. The molecule has 2 aromatic carbocycles. The number of halogens is 1. The van der Waals surface area contributed by atoms with E-state index in [1.165, 1.54) is 23.5 Å². The fourth-order valence-corrected chi connectivity index (χ4v) is 3.51. The van der Waals surface area contributed by atoms with Crippen molar-refractivity contribution < 1.29 is 13.9 Å². The van der Waals surface area contributed by atoms with Crippen LogP contribution in [0.5, 0.6) is 5.75 Å². The second kappa shape index (κ2) is 8.62. The molecule has 2 aromatic heterocycles. The fraction of sp³-hybridized carbons (Fsp3) is 0.0455. The normalized spacial score (nSPS) is 10.5. The van der Waals surface area contributed by atoms with Gasteiger partial charge in [0.2, 0.25) is 0 Å². The van der Waals surface area contributed by atoms with Crippen molar-refractivity contribution in [2.75, 3.05) is 11.9 Å². The summed E-state index contributed by atoms with van der Waals surface area (Å²) in [6.07, 6.45) is 3.49. The monoisotopic (exact) mass is 405 g/mol. The molecule has 1 N–H and O–H groups in total. The minimum Gasteiger partial charge on any atom is -0.481 e. The van der Waals surface area contributed by atoms with Gasteiger partial charge >= 0.3 is 0 Å². The Balaban J connectivity index is 1.43. The average Bonchev–Trinajstić information content (AvgIpc) is 3.24. The minimum absolute atomic E-state index is 0.0433. The number of nitrogens with one attached hydrogen (secondary N) is 1. The van der Waals surface area contributed by atoms with Gasteiger partial charge in [-0.3, -0.25) is 9.78 Å². The summed E-state index contributed by atoms with van der Waals surface area (Å²) in [6.45, 7) is -0.285. The molecule has 29 heavy (non-hydrogen) atoms. The Labute approximate surface area is 170 Å². The highest BCUT2D eigenvalue weighted by Crippen LogP contribution is 2.29. The summed E-state index contributed by atoms with van der Waals surface area (Å²) in [7, 11) is 0. The maximum Gasteiger partial charge on any atom is 0.262 e. The SMILES string of the molecule is O=C(COc1ccccc1F)Nc1cccc(-c2csc(-c3cccnc3)n2)c1. The molecule has 0 fully saturated rings. The average molecular weight is 405 g/mol. The first-order valence-corrected chi connectivity index (χ1v) is 9.70. The highest BCUT2D eigenvalue weighted by atomic mass is 32.1. The van der Waals surface area contributed by atoms with Crippen molar-refractivity contribution in [1.29, 1.82) is 0 Å². The molecule has 4 rings (SSSR count). The van der Waals surface area contributed by atoms with Crippen LogP contribution in [0.1, 0.15) is 0 Å². The van der Waals surface area contributed by atoms with Gasteiger partial charge in [-0.2, -0.15) is 0 Å². The van der Waals surface area contributed by atoms with Crippen molar-refractivity contribution in [2.24, 2.45) is 0 Å². The van der Waals surface area contributed by atoms with Crippen molar-refractivity contribution in [3.63, 3.8) is 0 Å². The van der Waals surface area contributed by atoms with Crippen LogP contribution in [0.25, 0.3) is 21.8 Å². The van der Waals surface area contributed by atoms with Crippen LogP contribution in [-0.2, 0) is 4.79 Å². The lowest BCUT2D eigenvalue weighted by Crippen LogP contribution is -2.20. The third-order valence-electron chi connectivity index (χ3n) is 4.05. The van der Waals surface area contributed by atoms with Crippen molar-refractivity contribution in [3.8, 4) is 27.6 Å². The molecule has 0 aliphatic heterocycles. The number of carbonyl (C=O) groups is 1. The molecule has 2 heterocycles. The molecule has 144 valence electrons. The lowest BCUT2D eigenvalue weighted by Gasteiger charge is -2.09. The van der Waals surface area contributed by atoms with Crippen molar-refractivity contribution in [1.82, 2.24) is 9.97 Å². The van der Waals surface area contributed by atoms with E-state index in [0.29, 0.717) is 5.69 Å². The molecule has 0 bridgehead atoms. The van der Waals surface area contributed by atoms with Gasteiger partial charge in [0.1, 0.15) is 5.01 Å². The van der Waals surface area contributed by atoms with Gasteiger partial charge in [-0.25, -0.2) is 9.37 Å². The third-order valence-corrected chi connectivity index (χ3v) is 4.94. The molecule has 0 atom stereocenters. The van der Waals surface area contributed by atoms with Gasteiger partial charge in [0.25, 0.3) is 5.91 Å². The van der Waals surface area contributed by atoms with Gasteiger partial charge in [-0.05, 0) is 36.4 Å². The van der Waals surface area contributed by atoms with Crippen LogP contribution < -0.4 is 10.1 Å². The van der Waals surface area contributed by atoms with Crippen LogP contribution in [-0.4, -0.2) is 22.5 Å². The Morgan fingerprint density at radius 1 is 1.07 bits per heavy atom. The summed E-state index contributed by atoms with van der Waals surface area (Å²) < 4.78 is 18.8. The van der Waals surface area contributed by atoms with E-state index in [2.05, 4.69) is 15.3 Å². The van der Waals surface area contributed by atoms with E-state index in [1.807, 2.05) is 35.7 Å². The Kier molecular flexibility index (Phi) is 5.58. The van der Waals surface area contributed by atoms with Gasteiger partial charge < -0.3 is 10.1 Å². The zero-order valence-electron chi connectivity index (χ0n) is 15.2. The summed E-state index contributed by atoms with van der Waals surface area (Å²) >= 11 is 1.53. The fourth-order valence-electron chi connectivity index (χ4n) is 2.69. The number of nitrogens with zero attached hydrogens (tertiary/aromatic N) is 2. The molecular formula is C22H16FN3O2S. The summed E-state index contributed by atoms with van der Waals surface area (Å²) in [6, 6.07) is 17.2. The molecule has 7 heteroatoms. The smallest absolute Gasteiger partial charge is 0.262 e. The second-order valence-corrected chi connectivity index (χ2v) is 6.99. The van der Waals surface area contributed by atoms with E-state index >= 15 is 0 Å². The molecule has 5 nitrogen and oxygen atoms in total. The Morgan fingerprint density at radius 2 is 1.93 bits per heavy atom. The first-order valence-electron chi connectivity index (χ1n) is 8.82. The van der Waals surface area contributed by atoms with Gasteiger partial charge in [-0.15, -0.1) is 11.3 Å². The molecule has 0 unspecified atom stereocenters. The maximum absolute atomic E-state index is 13.6. The van der Waals surface area contributed by atoms with Crippen LogP contribution in [0.15, 0.2) is 78.4 Å². The largest absolute Gasteiger partial charge is 0.481 e. The second-order valence-electron chi connectivity index (χ2n) is 6.13. The van der Waals surface area contributed by atoms with Gasteiger partial charge in [-0.1, -0.05) is 24.3 Å². The number of hydrogen-bond donors (Lipinski definition) is 1. The van der Waals surface area contributed by atoms with Gasteiger partial charge in [0, 0.05) is 34.6 Å². The molecule has 4 aromatic rings. The number of carbonyl (C=O) groups excluding carboxylic acids is 1. The predicted molar refractivity (Wildman–Crippen MR) is 111 cm³/mol. The van der Waals surface area contributed by atoms with E-state index in [-0.39, 0.29) is 18.3 Å². The molecule has 0 aliphatic carbocycles. The summed E-state index contributed by atoms with van der Waals surface area (Å²) in [5.74, 6) is -0.836. The van der Waals surface area contributed by atoms with Crippen LogP contribution in [0.2, 0.25) is 0 Å². The van der Waals surface area contributed by atoms with E-state index in [1.54, 1.807) is 30.6 Å². The van der Waals surface area contributed by atoms with E-state index in [4.69, 9.17) is 4.74 Å². The number of amides is 1. The molecule has 0 spiro atoms. The highest BCUT2D eigenvalue weighted by Gasteiger charge is 2.10. The van der Waals surface area contributed by atoms with Crippen LogP contribution in [0, 0.1) is 5.82 Å². The van der Waals surface area contributed by atoms with Crippen LogP contribution in [0.3, 0.4) is 0 Å². The lowest BCUT2D eigenvalue weighted by molar-refractivity contribution is -0.118. The van der Waals surface area contributed by atoms with Crippen molar-refractivity contribution in [3.05, 3.63) is 84.3 Å². The van der Waals surface area contributed by atoms with Crippen molar-refractivity contribution in [2.45, 2.75) is 0 Å². The van der Waals surface area contributed by atoms with Crippen LogP contribution >= 0.6 is 11.3 Å². The lowest BCUT2D eigenvalue weighted by atomic mass is 10.1. The summed E-state index contributed by atoms with van der Waals surface area (Å²) in [5, 5.41) is 5.60. The van der Waals surface area contributed by atoms with E-state index in [9.17, 15) is 9.18 Å². The van der Waals surface area contributed by atoms with Crippen molar-refractivity contribution >= 4 is 22.9 Å². The molecule has 0 saturated heterocycles. The van der Waals surface area contributed by atoms with Gasteiger partial charge in [0.05, 0.1) is 5.69 Å².